The van der Waals surface area contributed by atoms with Crippen molar-refractivity contribution in [2.45, 2.75) is 6.92 Å². The van der Waals surface area contributed by atoms with Gasteiger partial charge in [0.05, 0.1) is 5.39 Å². The van der Waals surface area contributed by atoms with E-state index in [2.05, 4.69) is 15.3 Å². The number of nitrogens with two attached hydrogens (primary N) is 1. The minimum absolute atomic E-state index is 0.203. The molecule has 4 aromatic rings. The molecule has 0 saturated carbocycles. The lowest BCUT2D eigenvalue weighted by Crippen LogP contribution is -2.31. The summed E-state index contributed by atoms with van der Waals surface area (Å²) >= 11 is 0. The monoisotopic (exact) mass is 386 g/mol. The summed E-state index contributed by atoms with van der Waals surface area (Å²) in [4.78, 5) is 22.6. The average molecular weight is 386 g/mol. The van der Waals surface area contributed by atoms with E-state index in [-0.39, 0.29) is 6.03 Å². The molecule has 0 radical (unpaired) electrons. The summed E-state index contributed by atoms with van der Waals surface area (Å²) in [6, 6.07) is 15.1. The van der Waals surface area contributed by atoms with Gasteiger partial charge in [0.15, 0.2) is 0 Å². The summed E-state index contributed by atoms with van der Waals surface area (Å²) in [6.45, 7) is 2.00. The van der Waals surface area contributed by atoms with E-state index in [0.29, 0.717) is 5.82 Å². The van der Waals surface area contributed by atoms with Crippen molar-refractivity contribution < 1.29 is 4.79 Å². The zero-order valence-corrected chi connectivity index (χ0v) is 16.5. The Labute approximate surface area is 168 Å². The maximum absolute atomic E-state index is 12.6. The van der Waals surface area contributed by atoms with Gasteiger partial charge in [0.1, 0.15) is 17.8 Å². The van der Waals surface area contributed by atoms with Crippen LogP contribution in [0.1, 0.15) is 5.56 Å². The van der Waals surface area contributed by atoms with E-state index in [0.717, 1.165) is 39.1 Å². The van der Waals surface area contributed by atoms with Gasteiger partial charge in [-0.05, 0) is 42.3 Å². The van der Waals surface area contributed by atoms with Crippen molar-refractivity contribution in [1.29, 1.82) is 0 Å². The Morgan fingerprint density at radius 1 is 1.10 bits per heavy atom. The fraction of sp³-hybridized carbons (Fsp3) is 0.136. The third kappa shape index (κ3) is 3.38. The van der Waals surface area contributed by atoms with Gasteiger partial charge in [-0.1, -0.05) is 24.3 Å². The number of benzene rings is 2. The smallest absolute Gasteiger partial charge is 0.326 e. The van der Waals surface area contributed by atoms with Gasteiger partial charge in [-0.3, -0.25) is 4.90 Å². The first-order chi connectivity index (χ1) is 14.0. The van der Waals surface area contributed by atoms with Gasteiger partial charge < -0.3 is 15.6 Å². The van der Waals surface area contributed by atoms with Crippen molar-refractivity contribution in [3.05, 3.63) is 66.6 Å². The molecule has 4 rings (SSSR count). The van der Waals surface area contributed by atoms with E-state index < -0.39 is 0 Å². The quantitative estimate of drug-likeness (QED) is 0.552. The Kier molecular flexibility index (Phi) is 4.64. The molecule has 0 unspecified atom stereocenters. The third-order valence-corrected chi connectivity index (χ3v) is 5.00. The lowest BCUT2D eigenvalue weighted by Gasteiger charge is -2.18. The molecule has 0 aliphatic heterocycles. The molecule has 0 fully saturated rings. The van der Waals surface area contributed by atoms with Gasteiger partial charge in [0, 0.05) is 37.2 Å². The highest BCUT2D eigenvalue weighted by molar-refractivity contribution is 6.03. The molecule has 0 atom stereocenters. The number of para-hydroxylation sites is 1. The molecular formula is C22H22N6O. The number of nitrogen functional groups attached to an aromatic ring is 1. The summed E-state index contributed by atoms with van der Waals surface area (Å²) in [6.07, 6.45) is 3.47. The van der Waals surface area contributed by atoms with Crippen LogP contribution in [0.5, 0.6) is 0 Å². The predicted molar refractivity (Wildman–Crippen MR) is 117 cm³/mol. The van der Waals surface area contributed by atoms with Crippen LogP contribution in [0.3, 0.4) is 0 Å². The van der Waals surface area contributed by atoms with Crippen LogP contribution in [0.4, 0.5) is 22.0 Å². The number of carbonyl (C=O) groups is 1. The van der Waals surface area contributed by atoms with Crippen molar-refractivity contribution in [1.82, 2.24) is 14.5 Å². The largest absolute Gasteiger partial charge is 0.383 e. The second kappa shape index (κ2) is 7.27. The number of nitrogens with one attached hydrogen (secondary N) is 1. The van der Waals surface area contributed by atoms with Crippen LogP contribution in [0.15, 0.2) is 61.1 Å². The number of nitrogens with zero attached hydrogens (tertiary/aromatic N) is 4. The highest BCUT2D eigenvalue weighted by Gasteiger charge is 2.16. The molecule has 2 amide bonds. The van der Waals surface area contributed by atoms with Gasteiger partial charge in [-0.25, -0.2) is 14.8 Å². The highest BCUT2D eigenvalue weighted by atomic mass is 16.2. The van der Waals surface area contributed by atoms with E-state index in [4.69, 9.17) is 5.73 Å². The van der Waals surface area contributed by atoms with Crippen molar-refractivity contribution in [2.24, 2.45) is 7.05 Å². The fourth-order valence-electron chi connectivity index (χ4n) is 3.46. The van der Waals surface area contributed by atoms with Crippen LogP contribution in [0, 0.1) is 6.92 Å². The number of anilines is 3. The summed E-state index contributed by atoms with van der Waals surface area (Å²) in [5, 5.41) is 3.78. The first-order valence-corrected chi connectivity index (χ1v) is 9.22. The number of fused-ring (bicyclic) bond motifs is 1. The number of aryl methyl sites for hydroxylation is 2. The van der Waals surface area contributed by atoms with Crippen LogP contribution in [0.25, 0.3) is 22.2 Å². The van der Waals surface area contributed by atoms with Gasteiger partial charge >= 0.3 is 6.03 Å². The summed E-state index contributed by atoms with van der Waals surface area (Å²) in [7, 11) is 3.67. The van der Waals surface area contributed by atoms with Crippen molar-refractivity contribution >= 4 is 34.3 Å². The Morgan fingerprint density at radius 2 is 1.86 bits per heavy atom. The lowest BCUT2D eigenvalue weighted by atomic mass is 10.00. The molecule has 2 aromatic carbocycles. The molecule has 3 N–H and O–H groups in total. The van der Waals surface area contributed by atoms with Crippen LogP contribution in [-0.4, -0.2) is 27.6 Å². The van der Waals surface area contributed by atoms with Crippen molar-refractivity contribution in [2.75, 3.05) is 23.0 Å². The van der Waals surface area contributed by atoms with Gasteiger partial charge in [-0.2, -0.15) is 0 Å². The SMILES string of the molecule is Cc1cc(NC(=O)N(C)c2ccccc2)ccc1-c1cn(C)c2ncnc(N)c12. The van der Waals surface area contributed by atoms with E-state index in [1.807, 2.05) is 73.3 Å². The number of rotatable bonds is 3. The van der Waals surface area contributed by atoms with Crippen molar-refractivity contribution in [3.63, 3.8) is 0 Å². The minimum Gasteiger partial charge on any atom is -0.383 e. The fourth-order valence-corrected chi connectivity index (χ4v) is 3.46. The Bertz CT molecular complexity index is 1200. The topological polar surface area (TPSA) is 89.1 Å². The molecule has 0 saturated heterocycles. The second-order valence-corrected chi connectivity index (χ2v) is 6.97. The Hall–Kier alpha value is -3.87. The number of aromatic nitrogens is 3. The standard InChI is InChI=1S/C22H22N6O/c1-14-11-15(26-22(29)28(3)16-7-5-4-6-8-16)9-10-17(14)18-12-27(2)21-19(18)20(23)24-13-25-21/h4-13H,1-3H3,(H,26,29)(H2,23,24,25). The summed E-state index contributed by atoms with van der Waals surface area (Å²) in [5.41, 5.74) is 11.5. The number of carbonyl (C=O) groups excluding carboxylic acids is 1. The average Bonchev–Trinajstić information content (AvgIpc) is 3.06. The second-order valence-electron chi connectivity index (χ2n) is 6.97. The predicted octanol–water partition coefficient (Wildman–Crippen LogP) is 4.19. The molecule has 0 aliphatic rings. The van der Waals surface area contributed by atoms with E-state index in [9.17, 15) is 4.79 Å². The maximum Gasteiger partial charge on any atom is 0.326 e. The zero-order chi connectivity index (χ0) is 20.5. The summed E-state index contributed by atoms with van der Waals surface area (Å²) in [5.74, 6) is 0.451. The first kappa shape index (κ1) is 18.5. The first-order valence-electron chi connectivity index (χ1n) is 9.22. The third-order valence-electron chi connectivity index (χ3n) is 5.00. The zero-order valence-electron chi connectivity index (χ0n) is 16.5. The molecular weight excluding hydrogens is 364 g/mol. The molecule has 0 aliphatic carbocycles. The molecule has 0 spiro atoms. The minimum atomic E-state index is -0.203. The molecule has 146 valence electrons. The Morgan fingerprint density at radius 3 is 2.59 bits per heavy atom. The van der Waals surface area contributed by atoms with Crippen LogP contribution in [0.2, 0.25) is 0 Å². The summed E-state index contributed by atoms with van der Waals surface area (Å²) < 4.78 is 1.94. The molecule has 2 aromatic heterocycles. The molecule has 7 nitrogen and oxygen atoms in total. The van der Waals surface area contributed by atoms with Gasteiger partial charge in [0.25, 0.3) is 0 Å². The maximum atomic E-state index is 12.6. The van der Waals surface area contributed by atoms with Gasteiger partial charge in [-0.15, -0.1) is 0 Å². The van der Waals surface area contributed by atoms with E-state index in [1.165, 1.54) is 6.33 Å². The number of hydrogen-bond acceptors (Lipinski definition) is 4. The number of amides is 2. The lowest BCUT2D eigenvalue weighted by molar-refractivity contribution is 0.258. The molecule has 29 heavy (non-hydrogen) atoms. The normalized spacial score (nSPS) is 10.9. The van der Waals surface area contributed by atoms with Crippen molar-refractivity contribution in [3.8, 4) is 11.1 Å². The van der Waals surface area contributed by atoms with Crippen LogP contribution in [-0.2, 0) is 7.05 Å². The number of urea groups is 1. The van der Waals surface area contributed by atoms with Gasteiger partial charge in [0.2, 0.25) is 0 Å². The molecule has 7 heteroatoms. The van der Waals surface area contributed by atoms with Crippen LogP contribution >= 0.6 is 0 Å². The van der Waals surface area contributed by atoms with E-state index >= 15 is 0 Å². The molecule has 2 heterocycles. The van der Waals surface area contributed by atoms with E-state index in [1.54, 1.807) is 11.9 Å². The Balaban J connectivity index is 1.63. The molecule has 0 bridgehead atoms. The number of hydrogen-bond donors (Lipinski definition) is 2. The van der Waals surface area contributed by atoms with Crippen LogP contribution < -0.4 is 16.0 Å². The highest BCUT2D eigenvalue weighted by Crippen LogP contribution is 2.34.